The molecule has 0 aliphatic carbocycles. The number of nitrogens with zero attached hydrogens (tertiary/aromatic N) is 1. The average Bonchev–Trinajstić information content (AvgIpc) is 3.18. The maximum absolute atomic E-state index is 12.2. The van der Waals surface area contributed by atoms with E-state index in [0.29, 0.717) is 16.8 Å². The first kappa shape index (κ1) is 20.1. The summed E-state index contributed by atoms with van der Waals surface area (Å²) in [5.74, 6) is 3.14. The van der Waals surface area contributed by atoms with Gasteiger partial charge in [-0.05, 0) is 40.6 Å². The van der Waals surface area contributed by atoms with Gasteiger partial charge in [-0.15, -0.1) is 0 Å². The number of benzene rings is 1. The van der Waals surface area contributed by atoms with Crippen LogP contribution < -0.4 is 21.9 Å². The zero-order valence-corrected chi connectivity index (χ0v) is 15.0. The molecule has 2 aromatic rings. The van der Waals surface area contributed by atoms with Crippen molar-refractivity contribution in [3.05, 3.63) is 52.2 Å². The molecule has 27 heavy (non-hydrogen) atoms. The SMILES string of the molecule is NNC=Nc1cccc(C(=O)NCC(=O)NC(CC(=O)O)c2ccsc2)c1. The van der Waals surface area contributed by atoms with Crippen molar-refractivity contribution in [2.24, 2.45) is 10.8 Å². The van der Waals surface area contributed by atoms with Crippen molar-refractivity contribution in [2.45, 2.75) is 12.5 Å². The predicted molar refractivity (Wildman–Crippen MR) is 102 cm³/mol. The average molecular weight is 389 g/mol. The highest BCUT2D eigenvalue weighted by molar-refractivity contribution is 7.08. The molecule has 0 fully saturated rings. The Balaban J connectivity index is 1.93. The number of carbonyl (C=O) groups is 3. The van der Waals surface area contributed by atoms with Crippen LogP contribution in [0.2, 0.25) is 0 Å². The molecule has 2 rings (SSSR count). The Morgan fingerprint density at radius 2 is 2.11 bits per heavy atom. The van der Waals surface area contributed by atoms with Gasteiger partial charge in [0.15, 0.2) is 0 Å². The van der Waals surface area contributed by atoms with E-state index in [1.807, 2.05) is 0 Å². The predicted octanol–water partition coefficient (Wildman–Crippen LogP) is 0.933. The fourth-order valence-corrected chi connectivity index (χ4v) is 2.96. The number of rotatable bonds is 9. The highest BCUT2D eigenvalue weighted by Crippen LogP contribution is 2.19. The second-order valence-electron chi connectivity index (χ2n) is 5.43. The number of nitrogens with one attached hydrogen (secondary N) is 3. The van der Waals surface area contributed by atoms with Gasteiger partial charge in [0.2, 0.25) is 5.91 Å². The first-order valence-electron chi connectivity index (χ1n) is 7.89. The van der Waals surface area contributed by atoms with Crippen molar-refractivity contribution in [1.29, 1.82) is 0 Å². The molecule has 1 aromatic heterocycles. The Bertz CT molecular complexity index is 822. The van der Waals surface area contributed by atoms with Gasteiger partial charge in [0, 0.05) is 5.56 Å². The summed E-state index contributed by atoms with van der Waals surface area (Å²) in [4.78, 5) is 39.3. The lowest BCUT2D eigenvalue weighted by Gasteiger charge is -2.16. The van der Waals surface area contributed by atoms with Gasteiger partial charge in [-0.25, -0.2) is 10.8 Å². The van der Waals surface area contributed by atoms with Crippen LogP contribution in [-0.4, -0.2) is 35.8 Å². The fraction of sp³-hybridized carbons (Fsp3) is 0.176. The summed E-state index contributed by atoms with van der Waals surface area (Å²) in [7, 11) is 0. The maximum atomic E-state index is 12.2. The Morgan fingerprint density at radius 3 is 2.78 bits per heavy atom. The van der Waals surface area contributed by atoms with E-state index in [0.717, 1.165) is 0 Å². The molecule has 0 saturated heterocycles. The number of aliphatic carboxylic acids is 1. The van der Waals surface area contributed by atoms with E-state index in [9.17, 15) is 14.4 Å². The number of aliphatic imine (C=N–C) groups is 1. The molecule has 0 bridgehead atoms. The topological polar surface area (TPSA) is 146 Å². The van der Waals surface area contributed by atoms with Crippen molar-refractivity contribution < 1.29 is 19.5 Å². The van der Waals surface area contributed by atoms with Gasteiger partial charge in [-0.1, -0.05) is 6.07 Å². The smallest absolute Gasteiger partial charge is 0.305 e. The molecule has 9 nitrogen and oxygen atoms in total. The number of hydrogen-bond acceptors (Lipinski definition) is 6. The van der Waals surface area contributed by atoms with Gasteiger partial charge in [0.05, 0.1) is 24.7 Å². The summed E-state index contributed by atoms with van der Waals surface area (Å²) < 4.78 is 0. The van der Waals surface area contributed by atoms with Crippen molar-refractivity contribution in [3.8, 4) is 0 Å². The Labute approximate surface area is 159 Å². The number of carboxylic acid groups (broad SMARTS) is 1. The largest absolute Gasteiger partial charge is 0.481 e. The minimum atomic E-state index is -1.03. The van der Waals surface area contributed by atoms with Crippen LogP contribution in [0.1, 0.15) is 28.4 Å². The molecular formula is C17H19N5O4S. The molecule has 1 aromatic carbocycles. The lowest BCUT2D eigenvalue weighted by Crippen LogP contribution is -2.39. The van der Waals surface area contributed by atoms with Gasteiger partial charge in [-0.3, -0.25) is 14.4 Å². The maximum Gasteiger partial charge on any atom is 0.305 e. The van der Waals surface area contributed by atoms with Crippen LogP contribution in [0.5, 0.6) is 0 Å². The van der Waals surface area contributed by atoms with Crippen molar-refractivity contribution in [3.63, 3.8) is 0 Å². The molecule has 0 spiro atoms. The summed E-state index contributed by atoms with van der Waals surface area (Å²) in [5, 5.41) is 17.7. The third kappa shape index (κ3) is 6.53. The van der Waals surface area contributed by atoms with Gasteiger partial charge in [-0.2, -0.15) is 11.3 Å². The van der Waals surface area contributed by atoms with Gasteiger partial charge in [0.1, 0.15) is 6.34 Å². The number of carbonyl (C=O) groups excluding carboxylic acids is 2. The van der Waals surface area contributed by atoms with E-state index in [1.54, 1.807) is 41.1 Å². The monoisotopic (exact) mass is 389 g/mol. The lowest BCUT2D eigenvalue weighted by molar-refractivity contribution is -0.137. The summed E-state index contributed by atoms with van der Waals surface area (Å²) in [6, 6.07) is 7.56. The third-order valence-electron chi connectivity index (χ3n) is 3.47. The lowest BCUT2D eigenvalue weighted by atomic mass is 10.1. The highest BCUT2D eigenvalue weighted by atomic mass is 32.1. The molecular weight excluding hydrogens is 370 g/mol. The van der Waals surface area contributed by atoms with Gasteiger partial charge in [0.25, 0.3) is 5.91 Å². The Morgan fingerprint density at radius 1 is 1.30 bits per heavy atom. The van der Waals surface area contributed by atoms with Gasteiger partial charge < -0.3 is 21.2 Å². The minimum Gasteiger partial charge on any atom is -0.481 e. The molecule has 0 aliphatic rings. The van der Waals surface area contributed by atoms with Crippen LogP contribution in [0.25, 0.3) is 0 Å². The van der Waals surface area contributed by atoms with Crippen molar-refractivity contribution in [1.82, 2.24) is 16.1 Å². The number of thiophene rings is 1. The van der Waals surface area contributed by atoms with Crippen LogP contribution in [0.4, 0.5) is 5.69 Å². The summed E-state index contributed by atoms with van der Waals surface area (Å²) in [5.41, 5.74) is 3.82. The van der Waals surface area contributed by atoms with Crippen LogP contribution in [0, 0.1) is 0 Å². The van der Waals surface area contributed by atoms with Crippen LogP contribution in [0.3, 0.4) is 0 Å². The van der Waals surface area contributed by atoms with E-state index in [2.05, 4.69) is 21.1 Å². The fourth-order valence-electron chi connectivity index (χ4n) is 2.25. The van der Waals surface area contributed by atoms with Gasteiger partial charge >= 0.3 is 5.97 Å². The van der Waals surface area contributed by atoms with Crippen molar-refractivity contribution in [2.75, 3.05) is 6.54 Å². The number of hydrazine groups is 1. The highest BCUT2D eigenvalue weighted by Gasteiger charge is 2.19. The molecule has 0 saturated carbocycles. The number of amides is 2. The van der Waals surface area contributed by atoms with E-state index in [-0.39, 0.29) is 13.0 Å². The normalized spacial score (nSPS) is 11.7. The number of nitrogens with two attached hydrogens (primary N) is 1. The molecule has 142 valence electrons. The standard InChI is InChI=1S/C17H19N5O4S/c18-21-10-20-13-3-1-2-11(6-13)17(26)19-8-15(23)22-14(7-16(24)25)12-4-5-27-9-12/h1-6,9-10,14H,7-8,18H2,(H,19,26)(H,20,21)(H,22,23)(H,24,25). The molecule has 0 radical (unpaired) electrons. The second kappa shape index (κ2) is 10.0. The second-order valence-corrected chi connectivity index (χ2v) is 6.21. The first-order valence-corrected chi connectivity index (χ1v) is 8.84. The van der Waals surface area contributed by atoms with Crippen LogP contribution in [0.15, 0.2) is 46.1 Å². The summed E-state index contributed by atoms with van der Waals surface area (Å²) in [6.45, 7) is -0.281. The Hall–Kier alpha value is -3.24. The molecule has 1 heterocycles. The number of hydrogen-bond donors (Lipinski definition) is 5. The third-order valence-corrected chi connectivity index (χ3v) is 4.17. The molecule has 6 N–H and O–H groups in total. The van der Waals surface area contributed by atoms with Crippen LogP contribution in [-0.2, 0) is 9.59 Å². The minimum absolute atomic E-state index is 0.244. The quantitative estimate of drug-likeness (QED) is 0.187. The van der Waals surface area contributed by atoms with E-state index >= 15 is 0 Å². The van der Waals surface area contributed by atoms with E-state index < -0.39 is 23.8 Å². The zero-order valence-electron chi connectivity index (χ0n) is 14.2. The Kier molecular flexibility index (Phi) is 7.47. The molecule has 2 amide bonds. The zero-order chi connectivity index (χ0) is 19.6. The van der Waals surface area contributed by atoms with E-state index in [1.165, 1.54) is 17.7 Å². The summed E-state index contributed by atoms with van der Waals surface area (Å²) >= 11 is 1.41. The molecule has 0 aliphatic heterocycles. The summed E-state index contributed by atoms with van der Waals surface area (Å²) in [6.07, 6.45) is 1.03. The van der Waals surface area contributed by atoms with E-state index in [4.69, 9.17) is 10.9 Å². The first-order chi connectivity index (χ1) is 13.0. The molecule has 1 atom stereocenters. The van der Waals surface area contributed by atoms with Crippen LogP contribution >= 0.6 is 11.3 Å². The molecule has 1 unspecified atom stereocenters. The molecule has 10 heteroatoms. The number of carboxylic acids is 1. The van der Waals surface area contributed by atoms with Crippen molar-refractivity contribution >= 4 is 41.1 Å².